The summed E-state index contributed by atoms with van der Waals surface area (Å²) in [6, 6.07) is 2.50. The zero-order valence-corrected chi connectivity index (χ0v) is 11.1. The summed E-state index contributed by atoms with van der Waals surface area (Å²) in [5.41, 5.74) is 1.19. The Morgan fingerprint density at radius 3 is 2.60 bits per heavy atom. The molecule has 2 unspecified atom stereocenters. The van der Waals surface area contributed by atoms with Gasteiger partial charge in [-0.15, -0.1) is 11.3 Å². The number of rotatable bonds is 5. The fourth-order valence-electron chi connectivity index (χ4n) is 1.91. The van der Waals surface area contributed by atoms with Crippen molar-refractivity contribution in [1.29, 1.82) is 0 Å². The van der Waals surface area contributed by atoms with Gasteiger partial charge in [0.1, 0.15) is 0 Å². The molecule has 0 radical (unpaired) electrons. The van der Waals surface area contributed by atoms with Crippen LogP contribution in [0.15, 0.2) is 11.4 Å². The smallest absolute Gasteiger partial charge is 0.0842 e. The Hall–Kier alpha value is -0.380. The van der Waals surface area contributed by atoms with Gasteiger partial charge in [-0.1, -0.05) is 6.92 Å². The molecule has 0 spiro atoms. The van der Waals surface area contributed by atoms with E-state index in [1.807, 2.05) is 7.05 Å². The number of hydrogen-bond acceptors (Lipinski definition) is 3. The Bertz CT molecular complexity index is 304. The highest BCUT2D eigenvalue weighted by atomic mass is 32.1. The van der Waals surface area contributed by atoms with Gasteiger partial charge in [-0.05, 0) is 44.3 Å². The molecule has 15 heavy (non-hydrogen) atoms. The third kappa shape index (κ3) is 2.60. The molecule has 3 heteroatoms. The highest BCUT2D eigenvalue weighted by Crippen LogP contribution is 2.33. The topological polar surface area (TPSA) is 21.3 Å². The van der Waals surface area contributed by atoms with Gasteiger partial charge < -0.3 is 10.1 Å². The van der Waals surface area contributed by atoms with Crippen LogP contribution in [0.1, 0.15) is 36.8 Å². The Balaban J connectivity index is 2.97. The Morgan fingerprint density at radius 1 is 1.60 bits per heavy atom. The molecule has 1 aromatic heterocycles. The molecule has 0 bridgehead atoms. The number of methoxy groups -OCH3 is 1. The van der Waals surface area contributed by atoms with Crippen molar-refractivity contribution >= 4 is 11.3 Å². The van der Waals surface area contributed by atoms with Gasteiger partial charge in [0.2, 0.25) is 0 Å². The highest BCUT2D eigenvalue weighted by molar-refractivity contribution is 7.10. The van der Waals surface area contributed by atoms with Crippen LogP contribution in [0.2, 0.25) is 0 Å². The van der Waals surface area contributed by atoms with Crippen LogP contribution in [0.4, 0.5) is 0 Å². The third-order valence-electron chi connectivity index (χ3n) is 3.15. The van der Waals surface area contributed by atoms with Gasteiger partial charge in [-0.2, -0.15) is 0 Å². The Morgan fingerprint density at radius 2 is 2.27 bits per heavy atom. The second-order valence-electron chi connectivity index (χ2n) is 4.08. The summed E-state index contributed by atoms with van der Waals surface area (Å²) < 4.78 is 5.65. The molecule has 0 aliphatic rings. The number of nitrogens with one attached hydrogen (secondary N) is 1. The second-order valence-corrected chi connectivity index (χ2v) is 5.20. The van der Waals surface area contributed by atoms with Crippen LogP contribution in [-0.4, -0.2) is 19.8 Å². The Kier molecular flexibility index (Phi) is 4.32. The van der Waals surface area contributed by atoms with Crippen LogP contribution in [0.3, 0.4) is 0 Å². The maximum atomic E-state index is 5.65. The van der Waals surface area contributed by atoms with E-state index in [-0.39, 0.29) is 11.6 Å². The molecule has 2 nitrogen and oxygen atoms in total. The summed E-state index contributed by atoms with van der Waals surface area (Å²) in [4.78, 5) is 1.35. The number of ether oxygens (including phenoxy) is 1. The van der Waals surface area contributed by atoms with Crippen molar-refractivity contribution in [3.8, 4) is 0 Å². The fraction of sp³-hybridized carbons (Fsp3) is 0.667. The van der Waals surface area contributed by atoms with Gasteiger partial charge >= 0.3 is 0 Å². The first-order chi connectivity index (χ1) is 7.07. The summed E-state index contributed by atoms with van der Waals surface area (Å²) in [5.74, 6) is 0. The zero-order valence-electron chi connectivity index (χ0n) is 10.3. The largest absolute Gasteiger partial charge is 0.377 e. The molecule has 86 valence electrons. The molecular weight excluding hydrogens is 206 g/mol. The molecule has 2 atom stereocenters. The van der Waals surface area contributed by atoms with Crippen LogP contribution in [0, 0.1) is 6.92 Å². The van der Waals surface area contributed by atoms with Gasteiger partial charge in [-0.25, -0.2) is 0 Å². The normalized spacial score (nSPS) is 17.4. The van der Waals surface area contributed by atoms with Crippen molar-refractivity contribution in [3.05, 3.63) is 21.9 Å². The zero-order chi connectivity index (χ0) is 11.5. The van der Waals surface area contributed by atoms with Crippen LogP contribution < -0.4 is 5.32 Å². The minimum atomic E-state index is -0.137. The Labute approximate surface area is 96.7 Å². The van der Waals surface area contributed by atoms with Crippen molar-refractivity contribution in [2.75, 3.05) is 14.2 Å². The van der Waals surface area contributed by atoms with Gasteiger partial charge in [0.05, 0.1) is 11.6 Å². The maximum absolute atomic E-state index is 5.65. The molecule has 1 heterocycles. The average molecular weight is 227 g/mol. The lowest BCUT2D eigenvalue weighted by Crippen LogP contribution is -2.41. The number of hydrogen-bond donors (Lipinski definition) is 1. The van der Waals surface area contributed by atoms with Crippen LogP contribution in [0.25, 0.3) is 0 Å². The standard InChI is InChI=1S/C12H21NOS/c1-6-12(3,14-5)11(13-4)10-7-9(2)15-8-10/h7-8,11,13H,6H2,1-5H3. The predicted octanol–water partition coefficient (Wildman–Crippen LogP) is 3.13. The van der Waals surface area contributed by atoms with E-state index in [9.17, 15) is 0 Å². The number of likely N-dealkylation sites (N-methyl/N-ethyl adjacent to an activating group) is 1. The van der Waals surface area contributed by atoms with Crippen molar-refractivity contribution < 1.29 is 4.74 Å². The van der Waals surface area contributed by atoms with Gasteiger partial charge in [0.25, 0.3) is 0 Å². The lowest BCUT2D eigenvalue weighted by Gasteiger charge is -2.35. The lowest BCUT2D eigenvalue weighted by molar-refractivity contribution is -0.0279. The minimum absolute atomic E-state index is 0.137. The SMILES string of the molecule is CCC(C)(OC)C(NC)c1csc(C)c1. The van der Waals surface area contributed by atoms with E-state index in [1.54, 1.807) is 18.4 Å². The minimum Gasteiger partial charge on any atom is -0.377 e. The fourth-order valence-corrected chi connectivity index (χ4v) is 2.64. The van der Waals surface area contributed by atoms with Gasteiger partial charge in [-0.3, -0.25) is 0 Å². The summed E-state index contributed by atoms with van der Waals surface area (Å²) >= 11 is 1.79. The van der Waals surface area contributed by atoms with Crippen molar-refractivity contribution in [3.63, 3.8) is 0 Å². The van der Waals surface area contributed by atoms with Crippen LogP contribution >= 0.6 is 11.3 Å². The third-order valence-corrected chi connectivity index (χ3v) is 4.03. The van der Waals surface area contributed by atoms with Crippen LogP contribution in [-0.2, 0) is 4.74 Å². The molecule has 0 amide bonds. The molecule has 0 fully saturated rings. The molecular formula is C12H21NOS. The molecule has 0 aliphatic heterocycles. The van der Waals surface area contributed by atoms with E-state index in [4.69, 9.17) is 4.74 Å². The first-order valence-electron chi connectivity index (χ1n) is 5.34. The van der Waals surface area contributed by atoms with Crippen molar-refractivity contribution in [1.82, 2.24) is 5.32 Å². The lowest BCUT2D eigenvalue weighted by atomic mass is 9.89. The molecule has 0 saturated heterocycles. The van der Waals surface area contributed by atoms with E-state index < -0.39 is 0 Å². The first kappa shape index (κ1) is 12.7. The highest BCUT2D eigenvalue weighted by Gasteiger charge is 2.33. The molecule has 1 rings (SSSR count). The summed E-state index contributed by atoms with van der Waals surface area (Å²) in [5, 5.41) is 5.57. The van der Waals surface area contributed by atoms with E-state index in [0.29, 0.717) is 0 Å². The van der Waals surface area contributed by atoms with E-state index in [0.717, 1.165) is 6.42 Å². The number of thiophene rings is 1. The van der Waals surface area contributed by atoms with E-state index in [1.165, 1.54) is 10.4 Å². The summed E-state index contributed by atoms with van der Waals surface area (Å²) in [6.07, 6.45) is 0.990. The van der Waals surface area contributed by atoms with Gasteiger partial charge in [0.15, 0.2) is 0 Å². The quantitative estimate of drug-likeness (QED) is 0.834. The van der Waals surface area contributed by atoms with Crippen LogP contribution in [0.5, 0.6) is 0 Å². The molecule has 0 aromatic carbocycles. The average Bonchev–Trinajstić information content (AvgIpc) is 2.65. The molecule has 0 aliphatic carbocycles. The summed E-state index contributed by atoms with van der Waals surface area (Å²) in [6.45, 7) is 6.45. The van der Waals surface area contributed by atoms with Crippen molar-refractivity contribution in [2.24, 2.45) is 0 Å². The monoisotopic (exact) mass is 227 g/mol. The van der Waals surface area contributed by atoms with E-state index in [2.05, 4.69) is 37.5 Å². The second kappa shape index (κ2) is 5.10. The molecule has 1 N–H and O–H groups in total. The predicted molar refractivity (Wildman–Crippen MR) is 66.6 cm³/mol. The summed E-state index contributed by atoms with van der Waals surface area (Å²) in [7, 11) is 3.78. The van der Waals surface area contributed by atoms with Crippen molar-refractivity contribution in [2.45, 2.75) is 38.8 Å². The first-order valence-corrected chi connectivity index (χ1v) is 6.22. The van der Waals surface area contributed by atoms with E-state index >= 15 is 0 Å². The maximum Gasteiger partial charge on any atom is 0.0842 e. The number of aryl methyl sites for hydroxylation is 1. The van der Waals surface area contributed by atoms with Gasteiger partial charge in [0, 0.05) is 12.0 Å². The molecule has 0 saturated carbocycles. The molecule has 1 aromatic rings.